The van der Waals surface area contributed by atoms with Crippen molar-refractivity contribution in [2.45, 2.75) is 11.4 Å². The van der Waals surface area contributed by atoms with E-state index in [1.165, 1.54) is 37.7 Å². The lowest BCUT2D eigenvalue weighted by atomic mass is 10.1. The molecule has 1 heterocycles. The molecule has 0 bridgehead atoms. The van der Waals surface area contributed by atoms with Crippen LogP contribution in [0.4, 0.5) is 10.1 Å². The number of aromatic nitrogens is 1. The third-order valence-electron chi connectivity index (χ3n) is 4.17. The number of amides is 1. The average Bonchev–Trinajstić information content (AvgIpc) is 2.77. The van der Waals surface area contributed by atoms with Gasteiger partial charge >= 0.3 is 5.97 Å². The van der Waals surface area contributed by atoms with Crippen molar-refractivity contribution < 1.29 is 27.1 Å². The minimum Gasteiger partial charge on any atom is -0.465 e. The molecule has 0 spiro atoms. The molecule has 0 atom stereocenters. The second kappa shape index (κ2) is 9.35. The molecular weight excluding hydrogens is 425 g/mol. The Morgan fingerprint density at radius 3 is 2.45 bits per heavy atom. The second-order valence-corrected chi connectivity index (χ2v) is 8.08. The second-order valence-electron chi connectivity index (χ2n) is 6.39. The number of anilines is 1. The number of pyridine rings is 1. The van der Waals surface area contributed by atoms with E-state index < -0.39 is 21.8 Å². The summed E-state index contributed by atoms with van der Waals surface area (Å²) in [5.41, 5.74) is 0.978. The summed E-state index contributed by atoms with van der Waals surface area (Å²) in [5, 5.41) is 2.68. The van der Waals surface area contributed by atoms with Crippen LogP contribution in [-0.4, -0.2) is 32.4 Å². The third kappa shape index (κ3) is 5.64. The van der Waals surface area contributed by atoms with Crippen molar-refractivity contribution >= 4 is 27.6 Å². The highest BCUT2D eigenvalue weighted by atomic mass is 32.2. The zero-order valence-electron chi connectivity index (χ0n) is 16.3. The van der Waals surface area contributed by atoms with E-state index in [0.717, 1.165) is 24.3 Å². The lowest BCUT2D eigenvalue weighted by Crippen LogP contribution is -2.23. The maximum Gasteiger partial charge on any atom is 0.337 e. The van der Waals surface area contributed by atoms with Gasteiger partial charge in [-0.25, -0.2) is 17.6 Å². The Morgan fingerprint density at radius 2 is 1.81 bits per heavy atom. The standard InChI is InChI=1S/C21H18FN3O5S/c1-30-21(27)16-9-14(12-24-20(26)15-3-2-8-23-13-15)10-18(11-16)25-31(28,29)19-6-4-17(22)5-7-19/h2-11,13,25H,12H2,1H3,(H,24,26). The van der Waals surface area contributed by atoms with E-state index in [1.54, 1.807) is 12.1 Å². The van der Waals surface area contributed by atoms with E-state index >= 15 is 0 Å². The predicted octanol–water partition coefficient (Wildman–Crippen LogP) is 2.74. The number of benzene rings is 2. The van der Waals surface area contributed by atoms with Crippen LogP contribution in [0.15, 0.2) is 71.9 Å². The summed E-state index contributed by atoms with van der Waals surface area (Å²) in [4.78, 5) is 28.0. The Hall–Kier alpha value is -3.79. The number of nitrogens with one attached hydrogen (secondary N) is 2. The van der Waals surface area contributed by atoms with Crippen LogP contribution in [0.5, 0.6) is 0 Å². The maximum atomic E-state index is 13.1. The van der Waals surface area contributed by atoms with Crippen molar-refractivity contribution in [1.29, 1.82) is 0 Å². The number of sulfonamides is 1. The summed E-state index contributed by atoms with van der Waals surface area (Å²) < 4.78 is 45.4. The molecule has 160 valence electrons. The minimum absolute atomic E-state index is 0.0177. The van der Waals surface area contributed by atoms with Crippen molar-refractivity contribution in [3.05, 3.63) is 89.5 Å². The number of halogens is 1. The van der Waals surface area contributed by atoms with Gasteiger partial charge in [-0.15, -0.1) is 0 Å². The molecule has 0 saturated heterocycles. The molecular formula is C21H18FN3O5S. The highest BCUT2D eigenvalue weighted by Crippen LogP contribution is 2.21. The monoisotopic (exact) mass is 443 g/mol. The SMILES string of the molecule is COC(=O)c1cc(CNC(=O)c2cccnc2)cc(NS(=O)(=O)c2ccc(F)cc2)c1. The van der Waals surface area contributed by atoms with Gasteiger partial charge in [0, 0.05) is 18.9 Å². The zero-order chi connectivity index (χ0) is 22.4. The third-order valence-corrected chi connectivity index (χ3v) is 5.56. The lowest BCUT2D eigenvalue weighted by Gasteiger charge is -2.12. The lowest BCUT2D eigenvalue weighted by molar-refractivity contribution is 0.0600. The van der Waals surface area contributed by atoms with Crippen LogP contribution in [0.1, 0.15) is 26.3 Å². The van der Waals surface area contributed by atoms with E-state index in [0.29, 0.717) is 11.1 Å². The van der Waals surface area contributed by atoms with Gasteiger partial charge in [0.2, 0.25) is 0 Å². The van der Waals surface area contributed by atoms with Gasteiger partial charge in [0.05, 0.1) is 28.8 Å². The molecule has 31 heavy (non-hydrogen) atoms. The maximum absolute atomic E-state index is 13.1. The number of esters is 1. The smallest absolute Gasteiger partial charge is 0.337 e. The Labute approximate surface area is 178 Å². The molecule has 0 fully saturated rings. The predicted molar refractivity (Wildman–Crippen MR) is 110 cm³/mol. The molecule has 0 aliphatic heterocycles. The van der Waals surface area contributed by atoms with Gasteiger partial charge in [-0.2, -0.15) is 0 Å². The van der Waals surface area contributed by atoms with Crippen LogP contribution >= 0.6 is 0 Å². The fraction of sp³-hybridized carbons (Fsp3) is 0.0952. The van der Waals surface area contributed by atoms with E-state index in [4.69, 9.17) is 4.74 Å². The molecule has 2 aromatic carbocycles. The van der Waals surface area contributed by atoms with Crippen LogP contribution in [-0.2, 0) is 21.3 Å². The quantitative estimate of drug-likeness (QED) is 0.543. The highest BCUT2D eigenvalue weighted by molar-refractivity contribution is 7.92. The number of hydrogen-bond donors (Lipinski definition) is 2. The fourth-order valence-corrected chi connectivity index (χ4v) is 3.74. The number of carbonyl (C=O) groups is 2. The number of carbonyl (C=O) groups excluding carboxylic acids is 2. The van der Waals surface area contributed by atoms with Gasteiger partial charge in [0.1, 0.15) is 5.82 Å². The highest BCUT2D eigenvalue weighted by Gasteiger charge is 2.17. The van der Waals surface area contributed by atoms with Crippen LogP contribution in [0.3, 0.4) is 0 Å². The Kier molecular flexibility index (Phi) is 6.61. The summed E-state index contributed by atoms with van der Waals surface area (Å²) in [6.45, 7) is 0.0177. The molecule has 0 saturated carbocycles. The molecule has 0 aliphatic carbocycles. The van der Waals surface area contributed by atoms with E-state index in [9.17, 15) is 22.4 Å². The van der Waals surface area contributed by atoms with Crippen LogP contribution in [0.2, 0.25) is 0 Å². The van der Waals surface area contributed by atoms with Gasteiger partial charge < -0.3 is 10.1 Å². The molecule has 1 amide bonds. The zero-order valence-corrected chi connectivity index (χ0v) is 17.1. The molecule has 8 nitrogen and oxygen atoms in total. The number of nitrogens with zero attached hydrogens (tertiary/aromatic N) is 1. The van der Waals surface area contributed by atoms with Crippen molar-refractivity contribution in [3.63, 3.8) is 0 Å². The van der Waals surface area contributed by atoms with E-state index in [-0.39, 0.29) is 28.6 Å². The first-order chi connectivity index (χ1) is 14.8. The first-order valence-corrected chi connectivity index (χ1v) is 10.5. The summed E-state index contributed by atoms with van der Waals surface area (Å²) in [6, 6.07) is 11.8. The fourth-order valence-electron chi connectivity index (χ4n) is 2.70. The van der Waals surface area contributed by atoms with Gasteiger partial charge in [-0.1, -0.05) is 0 Å². The molecule has 0 aliphatic rings. The van der Waals surface area contributed by atoms with Crippen molar-refractivity contribution in [3.8, 4) is 0 Å². The number of ether oxygens (including phenoxy) is 1. The summed E-state index contributed by atoms with van der Waals surface area (Å²) in [6.07, 6.45) is 2.94. The molecule has 10 heteroatoms. The van der Waals surface area contributed by atoms with E-state index in [2.05, 4.69) is 15.0 Å². The molecule has 3 rings (SSSR count). The first-order valence-electron chi connectivity index (χ1n) is 8.97. The summed E-state index contributed by atoms with van der Waals surface area (Å²) in [5.74, 6) is -1.63. The van der Waals surface area contributed by atoms with Gasteiger partial charge in [0.25, 0.3) is 15.9 Å². The number of hydrogen-bond acceptors (Lipinski definition) is 6. The first kappa shape index (κ1) is 21.9. The van der Waals surface area contributed by atoms with Gasteiger partial charge in [0.15, 0.2) is 0 Å². The summed E-state index contributed by atoms with van der Waals surface area (Å²) in [7, 11) is -2.84. The van der Waals surface area contributed by atoms with Crippen molar-refractivity contribution in [2.24, 2.45) is 0 Å². The number of methoxy groups -OCH3 is 1. The number of rotatable bonds is 7. The molecule has 3 aromatic rings. The van der Waals surface area contributed by atoms with Crippen molar-refractivity contribution in [1.82, 2.24) is 10.3 Å². The molecule has 1 aromatic heterocycles. The average molecular weight is 443 g/mol. The van der Waals surface area contributed by atoms with Gasteiger partial charge in [-0.05, 0) is 60.2 Å². The van der Waals surface area contributed by atoms with Crippen LogP contribution in [0, 0.1) is 5.82 Å². The Balaban J connectivity index is 1.85. The van der Waals surface area contributed by atoms with Crippen LogP contribution < -0.4 is 10.0 Å². The Bertz CT molecular complexity index is 1200. The molecule has 0 unspecified atom stereocenters. The minimum atomic E-state index is -4.03. The van der Waals surface area contributed by atoms with Crippen molar-refractivity contribution in [2.75, 3.05) is 11.8 Å². The molecule has 2 N–H and O–H groups in total. The largest absolute Gasteiger partial charge is 0.465 e. The summed E-state index contributed by atoms with van der Waals surface area (Å²) >= 11 is 0. The Morgan fingerprint density at radius 1 is 1.06 bits per heavy atom. The normalized spacial score (nSPS) is 10.9. The molecule has 0 radical (unpaired) electrons. The van der Waals surface area contributed by atoms with Gasteiger partial charge in [-0.3, -0.25) is 14.5 Å². The topological polar surface area (TPSA) is 114 Å². The van der Waals surface area contributed by atoms with E-state index in [1.807, 2.05) is 0 Å². The van der Waals surface area contributed by atoms with Crippen LogP contribution in [0.25, 0.3) is 0 Å².